The molecule has 0 unspecified atom stereocenters. The van der Waals surface area contributed by atoms with Crippen LogP contribution in [0, 0.1) is 5.41 Å². The number of rotatable bonds is 16. The van der Waals surface area contributed by atoms with Crippen molar-refractivity contribution in [3.05, 3.63) is 264 Å². The molecule has 11 aromatic rings. The smallest absolute Gasteiger partial charge is 0.657 e. The van der Waals surface area contributed by atoms with Gasteiger partial charge in [-0.15, -0.1) is 22.1 Å². The normalized spacial score (nSPS) is 11.7. The summed E-state index contributed by atoms with van der Waals surface area (Å²) in [7, 11) is 0. The molecular weight excluding hydrogens is 2340 g/mol. The topological polar surface area (TPSA) is 90.9 Å². The van der Waals surface area contributed by atoms with E-state index < -0.39 is 5.41 Å². The molecule has 8 bridgehead atoms. The van der Waals surface area contributed by atoms with Crippen molar-refractivity contribution in [3.8, 4) is 67.5 Å². The first-order valence-electron chi connectivity index (χ1n) is 28.7. The molecule has 2 aliphatic heterocycles. The second-order valence-corrected chi connectivity index (χ2v) is 36.7. The number of fused-ring (bicyclic) bond motifs is 8. The Labute approximate surface area is 712 Å². The summed E-state index contributed by atoms with van der Waals surface area (Å²) < 4.78 is 40.2. The van der Waals surface area contributed by atoms with E-state index in [0.717, 1.165) is 161 Å². The second kappa shape index (κ2) is 34.4. The maximum absolute atomic E-state index is 6.39. The van der Waals surface area contributed by atoms with Gasteiger partial charge in [0.05, 0.1) is 22.8 Å². The van der Waals surface area contributed by atoms with Gasteiger partial charge in [-0.1, -0.05) is 279 Å². The van der Waals surface area contributed by atoms with Crippen LogP contribution in [0.2, 0.25) is 0 Å². The number of nitrogens with zero attached hydrogens (tertiary/aromatic N) is 4. The summed E-state index contributed by atoms with van der Waals surface area (Å²) in [6.07, 6.45) is 8.28. The van der Waals surface area contributed by atoms with Gasteiger partial charge in [-0.2, -0.15) is 0 Å². The molecular formula is C73H40Br16N4O4Zn. The van der Waals surface area contributed by atoms with Crippen LogP contribution in [0.25, 0.3) is 90.9 Å². The molecule has 5 heterocycles. The van der Waals surface area contributed by atoms with Gasteiger partial charge in [0.25, 0.3) is 0 Å². The Morgan fingerprint density at radius 2 is 0.408 bits per heavy atom. The van der Waals surface area contributed by atoms with Crippen LogP contribution in [-0.2, 0) is 19.5 Å². The fourth-order valence-corrected chi connectivity index (χ4v) is 20.9. The molecule has 2 aliphatic rings. The van der Waals surface area contributed by atoms with Gasteiger partial charge in [-0.05, 0) is 214 Å². The molecule has 0 amide bonds. The zero-order chi connectivity index (χ0) is 68.4. The van der Waals surface area contributed by atoms with Crippen LogP contribution in [0.15, 0.2) is 241 Å². The zero-order valence-electron chi connectivity index (χ0n) is 50.0. The van der Waals surface area contributed by atoms with E-state index in [2.05, 4.69) is 352 Å². The number of ether oxygens (including phenoxy) is 4. The van der Waals surface area contributed by atoms with Crippen LogP contribution < -0.4 is 28.9 Å². The first kappa shape index (κ1) is 77.0. The van der Waals surface area contributed by atoms with E-state index in [9.17, 15) is 0 Å². The van der Waals surface area contributed by atoms with Crippen molar-refractivity contribution in [1.82, 2.24) is 19.9 Å². The molecule has 0 N–H and O–H groups in total. The number of hydrogen-bond donors (Lipinski definition) is 0. The Kier molecular flexibility index (Phi) is 27.0. The molecule has 0 fully saturated rings. The third-order valence-corrected chi connectivity index (χ3v) is 22.1. The molecule has 0 saturated heterocycles. The number of benzene rings is 8. The van der Waals surface area contributed by atoms with Gasteiger partial charge in [-0.25, -0.2) is 9.97 Å². The Morgan fingerprint density at radius 3 is 0.582 bits per heavy atom. The molecule has 25 heteroatoms. The van der Waals surface area contributed by atoms with E-state index in [1.54, 1.807) is 0 Å². The average molecular weight is 2380 g/mol. The van der Waals surface area contributed by atoms with Gasteiger partial charge in [0, 0.05) is 71.6 Å². The zero-order valence-corrected chi connectivity index (χ0v) is 78.3. The number of hydrogen-bond acceptors (Lipinski definition) is 6. The monoisotopic (exact) mass is 2360 g/mol. The van der Waals surface area contributed by atoms with E-state index >= 15 is 0 Å². The third-order valence-electron chi connectivity index (χ3n) is 14.7. The predicted molar refractivity (Wildman–Crippen MR) is 452 cm³/mol. The molecule has 8 nitrogen and oxygen atoms in total. The van der Waals surface area contributed by atoms with Gasteiger partial charge < -0.3 is 28.9 Å². The van der Waals surface area contributed by atoms with Crippen LogP contribution in [0.5, 0.6) is 23.0 Å². The largest absolute Gasteiger partial charge is 2.00 e. The van der Waals surface area contributed by atoms with Gasteiger partial charge in [-0.3, -0.25) is 0 Å². The van der Waals surface area contributed by atoms with Crippen LogP contribution in [0.4, 0.5) is 0 Å². The first-order valence-corrected chi connectivity index (χ1v) is 41.4. The minimum Gasteiger partial charge on any atom is -0.657 e. The Bertz CT molecular complexity index is 4370. The third kappa shape index (κ3) is 19.9. The second-order valence-electron chi connectivity index (χ2n) is 22.1. The molecule has 13 rings (SSSR count). The van der Waals surface area contributed by atoms with Crippen molar-refractivity contribution in [1.29, 1.82) is 0 Å². The maximum Gasteiger partial charge on any atom is 2.00 e. The fourth-order valence-electron chi connectivity index (χ4n) is 10.7. The van der Waals surface area contributed by atoms with Crippen molar-refractivity contribution >= 4 is 301 Å². The van der Waals surface area contributed by atoms with E-state index in [4.69, 9.17) is 38.9 Å². The molecule has 0 saturated carbocycles. The summed E-state index contributed by atoms with van der Waals surface area (Å²) in [4.78, 5) is 21.5. The molecule has 0 radical (unpaired) electrons. The van der Waals surface area contributed by atoms with Crippen LogP contribution in [-0.4, -0.2) is 36.4 Å². The minimum atomic E-state index is -0.743. The van der Waals surface area contributed by atoms with Gasteiger partial charge in [0.1, 0.15) is 54.8 Å². The van der Waals surface area contributed by atoms with Crippen molar-refractivity contribution < 1.29 is 38.4 Å². The van der Waals surface area contributed by atoms with Crippen molar-refractivity contribution in [2.24, 2.45) is 5.41 Å². The fraction of sp³-hybridized carbons (Fsp3) is 0.0685. The summed E-state index contributed by atoms with van der Waals surface area (Å²) >= 11 is 58.2. The van der Waals surface area contributed by atoms with Crippen LogP contribution >= 0.6 is 255 Å². The summed E-state index contributed by atoms with van der Waals surface area (Å²) in [5, 5.41) is 0. The van der Waals surface area contributed by atoms with Gasteiger partial charge >= 0.3 is 19.5 Å². The van der Waals surface area contributed by atoms with Gasteiger partial charge in [0.2, 0.25) is 0 Å². The quantitative estimate of drug-likeness (QED) is 0.0884. The van der Waals surface area contributed by atoms with E-state index in [-0.39, 0.29) is 45.9 Å². The number of aromatic nitrogens is 4. The van der Waals surface area contributed by atoms with E-state index in [1.807, 2.05) is 97.1 Å². The average Bonchev–Trinajstić information content (AvgIpc) is 1.60. The molecule has 98 heavy (non-hydrogen) atoms. The molecule has 0 aliphatic carbocycles. The van der Waals surface area contributed by atoms with E-state index in [1.165, 1.54) is 0 Å². The molecule has 0 atom stereocenters. The van der Waals surface area contributed by atoms with E-state index in [0.29, 0.717) is 23.0 Å². The molecule has 490 valence electrons. The Hall–Kier alpha value is -2.14. The summed E-state index contributed by atoms with van der Waals surface area (Å²) in [6.45, 7) is 0.982. The van der Waals surface area contributed by atoms with Crippen molar-refractivity contribution in [2.45, 2.75) is 0 Å². The molecule has 8 aromatic carbocycles. The van der Waals surface area contributed by atoms with Gasteiger partial charge in [0.15, 0.2) is 0 Å². The summed E-state index contributed by atoms with van der Waals surface area (Å²) in [6, 6.07) is 56.3. The summed E-state index contributed by atoms with van der Waals surface area (Å²) in [5.74, 6) is 2.76. The SMILES string of the molecule is Brc1cc(Br)cc(-c2c3nc(c(-c4cc(Br)cc(Br)c4)c4ccc([n-]4)c(-c4cc(Br)cc(Br)c4)c4nc(c(-c5cc(Br)cc(Br)c5)c5ccc2[n-]5)C=C4)C=C3)c1.Brc1cc(Br)cc(OCC(COc2cc(Br)cc(Br)c2)(COc2cc(Br)cc(Br)c2)COc2cc(Br)cc(Br)c2)c1.[Zn+2]. The predicted octanol–water partition coefficient (Wildman–Crippen LogP) is 29.1. The standard InChI is InChI=1S/C44H20Br8N4.C29H20Br8O4.Zn/c45-25-9-21(10-26(46)17-25)41-33-1-2-34(53-33)42(22-11-27(47)18-28(48)12-22)36-5-6-38(55-36)44(24-15-31(51)20-32(52)16-24)40-8-7-39(56-40)43(37-4-3-35(41)54-37)23-13-29(49)19-30(50)14-23;30-17-1-18(31)6-25(5-17)38-13-29(14-39-26-7-19(32)2-20(33)8-26,15-40-27-9-21(34)3-22(35)10-27)16-41-28-11-23(36)4-24(37)12-28;/h1-20H;1-12H,13-16H2;/q-2;;+2. The Balaban J connectivity index is 0.000000207. The molecule has 0 spiro atoms. The number of halogens is 16. The molecule has 3 aromatic heterocycles. The Morgan fingerprint density at radius 1 is 0.245 bits per heavy atom. The van der Waals surface area contributed by atoms with Crippen molar-refractivity contribution in [2.75, 3.05) is 26.4 Å². The van der Waals surface area contributed by atoms with Crippen LogP contribution in [0.3, 0.4) is 0 Å². The minimum absolute atomic E-state index is 0. The van der Waals surface area contributed by atoms with Crippen molar-refractivity contribution in [3.63, 3.8) is 0 Å². The first-order chi connectivity index (χ1) is 46.4. The van der Waals surface area contributed by atoms with Crippen LogP contribution in [0.1, 0.15) is 22.8 Å². The summed E-state index contributed by atoms with van der Waals surface area (Å²) in [5.41, 5.74) is 12.9. The maximum atomic E-state index is 6.39.